The molecule has 1 aliphatic rings. The molecule has 1 amide bonds. The zero-order chi connectivity index (χ0) is 20.4. The van der Waals surface area contributed by atoms with Crippen molar-refractivity contribution in [1.29, 1.82) is 0 Å². The van der Waals surface area contributed by atoms with Crippen molar-refractivity contribution in [2.45, 2.75) is 12.5 Å². The van der Waals surface area contributed by atoms with Crippen LogP contribution in [0.3, 0.4) is 0 Å². The van der Waals surface area contributed by atoms with Gasteiger partial charge in [0.2, 0.25) is 5.91 Å². The van der Waals surface area contributed by atoms with Gasteiger partial charge in [-0.1, -0.05) is 35.1 Å². The van der Waals surface area contributed by atoms with E-state index >= 15 is 0 Å². The van der Waals surface area contributed by atoms with Crippen LogP contribution in [0.4, 0.5) is 10.8 Å². The van der Waals surface area contributed by atoms with Crippen LogP contribution in [-0.2, 0) is 4.79 Å². The fourth-order valence-electron chi connectivity index (χ4n) is 3.39. The summed E-state index contributed by atoms with van der Waals surface area (Å²) in [7, 11) is 4.26. The fourth-order valence-corrected chi connectivity index (χ4v) is 4.56. The smallest absolute Gasteiger partial charge is 0.248 e. The average Bonchev–Trinajstić information content (AvgIpc) is 3.34. The van der Waals surface area contributed by atoms with Crippen molar-refractivity contribution in [1.82, 2.24) is 9.88 Å². The summed E-state index contributed by atoms with van der Waals surface area (Å²) in [6.45, 7) is 2.04. The van der Waals surface area contributed by atoms with Gasteiger partial charge in [0, 0.05) is 35.9 Å². The number of carbonyl (C=O) groups excluding carboxylic acids is 1. The summed E-state index contributed by atoms with van der Waals surface area (Å²) in [5, 5.41) is 4.65. The molecule has 0 saturated carbocycles. The summed E-state index contributed by atoms with van der Waals surface area (Å²) in [6, 6.07) is 13.8. The van der Waals surface area contributed by atoms with Crippen molar-refractivity contribution in [3.63, 3.8) is 0 Å². The molecule has 2 heterocycles. The second kappa shape index (κ2) is 8.53. The number of benzene rings is 2. The Balaban J connectivity index is 1.43. The number of nitrogens with zero attached hydrogens (tertiary/aromatic N) is 3. The summed E-state index contributed by atoms with van der Waals surface area (Å²) in [5.74, 6) is -0.169. The largest absolute Gasteiger partial charge is 0.346 e. The van der Waals surface area contributed by atoms with Gasteiger partial charge < -0.3 is 15.1 Å². The second-order valence-electron chi connectivity index (χ2n) is 7.41. The fraction of sp³-hybridized carbons (Fsp3) is 0.273. The van der Waals surface area contributed by atoms with Crippen molar-refractivity contribution in [2.75, 3.05) is 37.4 Å². The minimum Gasteiger partial charge on any atom is -0.346 e. The van der Waals surface area contributed by atoms with E-state index in [9.17, 15) is 4.79 Å². The van der Waals surface area contributed by atoms with Crippen molar-refractivity contribution in [2.24, 2.45) is 0 Å². The van der Waals surface area contributed by atoms with Gasteiger partial charge in [-0.15, -0.1) is 0 Å². The van der Waals surface area contributed by atoms with Gasteiger partial charge in [0.05, 0.1) is 10.2 Å². The summed E-state index contributed by atoms with van der Waals surface area (Å²) in [4.78, 5) is 21.7. The van der Waals surface area contributed by atoms with E-state index in [4.69, 9.17) is 16.6 Å². The molecular weight excluding hydrogens is 404 g/mol. The lowest BCUT2D eigenvalue weighted by Crippen LogP contribution is -2.31. The summed E-state index contributed by atoms with van der Waals surface area (Å²) < 4.78 is 1.08. The number of amides is 1. The number of hydrogen-bond acceptors (Lipinski definition) is 5. The molecule has 1 aromatic heterocycles. The summed E-state index contributed by atoms with van der Waals surface area (Å²) >= 11 is 7.56. The molecule has 1 saturated heterocycles. The standard InChI is InChI=1S/C22H23ClN4OS/c1-26(2)18-11-12-27(14-18)22-25-19-9-8-17(13-20(19)29-22)24-21(28)10-5-15-3-6-16(23)7-4-15/h3-10,13,18H,11-12,14H2,1-2H3,(H,24,28)/b10-5+. The van der Waals surface area contributed by atoms with Crippen molar-refractivity contribution in [3.05, 3.63) is 59.1 Å². The minimum atomic E-state index is -0.169. The highest BCUT2D eigenvalue weighted by Gasteiger charge is 2.26. The lowest BCUT2D eigenvalue weighted by molar-refractivity contribution is -0.111. The first kappa shape index (κ1) is 19.9. The van der Waals surface area contributed by atoms with Crippen LogP contribution in [0.5, 0.6) is 0 Å². The summed E-state index contributed by atoms with van der Waals surface area (Å²) in [5.41, 5.74) is 2.66. The first-order valence-corrected chi connectivity index (χ1v) is 10.7. The van der Waals surface area contributed by atoms with Gasteiger partial charge in [-0.25, -0.2) is 4.98 Å². The van der Waals surface area contributed by atoms with Gasteiger partial charge in [0.15, 0.2) is 5.13 Å². The predicted molar refractivity (Wildman–Crippen MR) is 123 cm³/mol. The Hall–Kier alpha value is -2.41. The Morgan fingerprint density at radius 3 is 2.79 bits per heavy atom. The molecule has 0 aliphatic carbocycles. The molecule has 1 fully saturated rings. The Morgan fingerprint density at radius 2 is 2.07 bits per heavy atom. The summed E-state index contributed by atoms with van der Waals surface area (Å²) in [6.07, 6.45) is 4.45. The first-order chi connectivity index (χ1) is 14.0. The molecule has 0 spiro atoms. The minimum absolute atomic E-state index is 0.169. The number of halogens is 1. The highest BCUT2D eigenvalue weighted by atomic mass is 35.5. The topological polar surface area (TPSA) is 48.5 Å². The molecule has 29 heavy (non-hydrogen) atoms. The number of thiazole rings is 1. The van der Waals surface area contributed by atoms with Crippen LogP contribution >= 0.6 is 22.9 Å². The van der Waals surface area contributed by atoms with Crippen molar-refractivity contribution < 1.29 is 4.79 Å². The number of nitrogens with one attached hydrogen (secondary N) is 1. The molecule has 7 heteroatoms. The lowest BCUT2D eigenvalue weighted by atomic mass is 10.2. The van der Waals surface area contributed by atoms with Crippen LogP contribution in [-0.4, -0.2) is 49.0 Å². The van der Waals surface area contributed by atoms with E-state index in [0.29, 0.717) is 11.1 Å². The Labute approximate surface area is 179 Å². The van der Waals surface area contributed by atoms with E-state index < -0.39 is 0 Å². The van der Waals surface area contributed by atoms with Gasteiger partial charge in [-0.05, 0) is 62.5 Å². The lowest BCUT2D eigenvalue weighted by Gasteiger charge is -2.19. The second-order valence-corrected chi connectivity index (χ2v) is 8.85. The normalized spacial score (nSPS) is 17.0. The Morgan fingerprint density at radius 1 is 1.28 bits per heavy atom. The van der Waals surface area contributed by atoms with Gasteiger partial charge >= 0.3 is 0 Å². The zero-order valence-corrected chi connectivity index (χ0v) is 18.0. The predicted octanol–water partition coefficient (Wildman–Crippen LogP) is 4.74. The van der Waals surface area contributed by atoms with Crippen LogP contribution in [0, 0.1) is 0 Å². The maximum Gasteiger partial charge on any atom is 0.248 e. The Bertz CT molecular complexity index is 1040. The number of rotatable bonds is 5. The molecule has 0 bridgehead atoms. The number of anilines is 2. The average molecular weight is 427 g/mol. The van der Waals surface area contributed by atoms with Crippen molar-refractivity contribution in [3.8, 4) is 0 Å². The quantitative estimate of drug-likeness (QED) is 0.598. The van der Waals surface area contributed by atoms with E-state index in [1.165, 1.54) is 6.08 Å². The number of hydrogen-bond donors (Lipinski definition) is 1. The molecule has 1 unspecified atom stereocenters. The monoisotopic (exact) mass is 426 g/mol. The number of fused-ring (bicyclic) bond motifs is 1. The van der Waals surface area contributed by atoms with Gasteiger partial charge in [-0.2, -0.15) is 0 Å². The van der Waals surface area contributed by atoms with Gasteiger partial charge in [0.1, 0.15) is 0 Å². The van der Waals surface area contributed by atoms with E-state index in [0.717, 1.165) is 46.1 Å². The number of likely N-dealkylation sites (N-methyl/N-ethyl adjacent to an activating group) is 1. The molecule has 1 N–H and O–H groups in total. The maximum atomic E-state index is 12.3. The molecule has 1 atom stereocenters. The SMILES string of the molecule is CN(C)C1CCN(c2nc3ccc(NC(=O)/C=C/c4ccc(Cl)cc4)cc3s2)C1. The highest BCUT2D eigenvalue weighted by molar-refractivity contribution is 7.22. The first-order valence-electron chi connectivity index (χ1n) is 9.54. The van der Waals surface area contributed by atoms with E-state index in [1.807, 2.05) is 30.3 Å². The molecular formula is C22H23ClN4OS. The third-order valence-electron chi connectivity index (χ3n) is 5.11. The molecule has 5 nitrogen and oxygen atoms in total. The van der Waals surface area contributed by atoms with Gasteiger partial charge in [-0.3, -0.25) is 4.79 Å². The molecule has 2 aromatic carbocycles. The highest BCUT2D eigenvalue weighted by Crippen LogP contribution is 2.33. The molecule has 150 valence electrons. The van der Waals surface area contributed by atoms with Crippen LogP contribution in [0.15, 0.2) is 48.5 Å². The van der Waals surface area contributed by atoms with Crippen molar-refractivity contribution >= 4 is 56.0 Å². The Kier molecular flexibility index (Phi) is 5.85. The number of carbonyl (C=O) groups is 1. The third-order valence-corrected chi connectivity index (χ3v) is 6.44. The van der Waals surface area contributed by atoms with Gasteiger partial charge in [0.25, 0.3) is 0 Å². The zero-order valence-electron chi connectivity index (χ0n) is 16.4. The van der Waals surface area contributed by atoms with E-state index in [1.54, 1.807) is 29.5 Å². The van der Waals surface area contributed by atoms with Crippen LogP contribution in [0.2, 0.25) is 5.02 Å². The number of aromatic nitrogens is 1. The van der Waals surface area contributed by atoms with E-state index in [2.05, 4.69) is 29.2 Å². The maximum absolute atomic E-state index is 12.3. The molecule has 4 rings (SSSR count). The third kappa shape index (κ3) is 4.78. The molecule has 3 aromatic rings. The van der Waals surface area contributed by atoms with Crippen LogP contribution in [0.1, 0.15) is 12.0 Å². The van der Waals surface area contributed by atoms with Crippen LogP contribution in [0.25, 0.3) is 16.3 Å². The van der Waals surface area contributed by atoms with E-state index in [-0.39, 0.29) is 5.91 Å². The molecule has 0 radical (unpaired) electrons. The molecule has 1 aliphatic heterocycles. The van der Waals surface area contributed by atoms with Crippen LogP contribution < -0.4 is 10.2 Å².